The SMILES string of the molecule is CC(C)N(CCNC(=O)c1cc(F)cc(F)c1)C(C)C. The Balaban J connectivity index is 2.55. The Morgan fingerprint density at radius 1 is 1.10 bits per heavy atom. The van der Waals surface area contributed by atoms with Gasteiger partial charge in [0, 0.05) is 36.8 Å². The van der Waals surface area contributed by atoms with E-state index >= 15 is 0 Å². The van der Waals surface area contributed by atoms with E-state index in [4.69, 9.17) is 0 Å². The van der Waals surface area contributed by atoms with E-state index in [1.54, 1.807) is 0 Å². The molecule has 0 heterocycles. The molecule has 1 aromatic rings. The summed E-state index contributed by atoms with van der Waals surface area (Å²) in [6, 6.07) is 3.55. The third-order valence-corrected chi connectivity index (χ3v) is 3.11. The molecule has 1 amide bonds. The minimum atomic E-state index is -0.749. The Bertz CT molecular complexity index is 433. The summed E-state index contributed by atoms with van der Waals surface area (Å²) >= 11 is 0. The van der Waals surface area contributed by atoms with Crippen LogP contribution < -0.4 is 5.32 Å². The van der Waals surface area contributed by atoms with Gasteiger partial charge < -0.3 is 5.32 Å². The lowest BCUT2D eigenvalue weighted by Gasteiger charge is -2.30. The summed E-state index contributed by atoms with van der Waals surface area (Å²) in [4.78, 5) is 14.0. The average molecular weight is 284 g/mol. The van der Waals surface area contributed by atoms with Crippen molar-refractivity contribution in [3.8, 4) is 0 Å². The second-order valence-corrected chi connectivity index (χ2v) is 5.34. The smallest absolute Gasteiger partial charge is 0.251 e. The predicted molar refractivity (Wildman–Crippen MR) is 75.7 cm³/mol. The number of carbonyl (C=O) groups is 1. The van der Waals surface area contributed by atoms with E-state index in [9.17, 15) is 13.6 Å². The minimum Gasteiger partial charge on any atom is -0.351 e. The molecule has 0 radical (unpaired) electrons. The molecule has 1 aromatic carbocycles. The van der Waals surface area contributed by atoms with Crippen molar-refractivity contribution in [2.75, 3.05) is 13.1 Å². The lowest BCUT2D eigenvalue weighted by atomic mass is 10.2. The number of hydrogen-bond donors (Lipinski definition) is 1. The molecule has 5 heteroatoms. The summed E-state index contributed by atoms with van der Waals surface area (Å²) in [6.07, 6.45) is 0. The van der Waals surface area contributed by atoms with Crippen molar-refractivity contribution in [3.63, 3.8) is 0 Å². The van der Waals surface area contributed by atoms with E-state index in [0.717, 1.165) is 18.2 Å². The van der Waals surface area contributed by atoms with Gasteiger partial charge in [-0.05, 0) is 39.8 Å². The molecule has 0 aliphatic heterocycles. The number of rotatable bonds is 6. The van der Waals surface area contributed by atoms with Crippen molar-refractivity contribution < 1.29 is 13.6 Å². The number of hydrogen-bond acceptors (Lipinski definition) is 2. The molecule has 1 N–H and O–H groups in total. The van der Waals surface area contributed by atoms with Gasteiger partial charge in [-0.1, -0.05) is 0 Å². The fraction of sp³-hybridized carbons (Fsp3) is 0.533. The second-order valence-electron chi connectivity index (χ2n) is 5.34. The molecule has 0 unspecified atom stereocenters. The van der Waals surface area contributed by atoms with E-state index in [1.165, 1.54) is 0 Å². The van der Waals surface area contributed by atoms with Crippen molar-refractivity contribution >= 4 is 5.91 Å². The van der Waals surface area contributed by atoms with Crippen LogP contribution >= 0.6 is 0 Å². The molecular weight excluding hydrogens is 262 g/mol. The molecule has 3 nitrogen and oxygen atoms in total. The second kappa shape index (κ2) is 7.33. The van der Waals surface area contributed by atoms with Gasteiger partial charge in [-0.25, -0.2) is 8.78 Å². The summed E-state index contributed by atoms with van der Waals surface area (Å²) < 4.78 is 26.0. The zero-order valence-corrected chi connectivity index (χ0v) is 12.4. The number of nitrogens with zero attached hydrogens (tertiary/aromatic N) is 1. The van der Waals surface area contributed by atoms with E-state index in [1.807, 2.05) is 0 Å². The Hall–Kier alpha value is -1.49. The molecule has 0 aliphatic carbocycles. The lowest BCUT2D eigenvalue weighted by molar-refractivity contribution is 0.0938. The van der Waals surface area contributed by atoms with Crippen LogP contribution in [-0.4, -0.2) is 36.0 Å². The monoisotopic (exact) mass is 284 g/mol. The summed E-state index contributed by atoms with van der Waals surface area (Å²) in [5, 5.41) is 2.68. The van der Waals surface area contributed by atoms with Crippen molar-refractivity contribution in [1.82, 2.24) is 10.2 Å². The number of nitrogens with one attached hydrogen (secondary N) is 1. The summed E-state index contributed by atoms with van der Waals surface area (Å²) in [5.74, 6) is -1.96. The first-order valence-corrected chi connectivity index (χ1v) is 6.81. The van der Waals surface area contributed by atoms with Crippen LogP contribution in [0, 0.1) is 11.6 Å². The van der Waals surface area contributed by atoms with Crippen LogP contribution in [0.15, 0.2) is 18.2 Å². The van der Waals surface area contributed by atoms with E-state index < -0.39 is 17.5 Å². The summed E-state index contributed by atoms with van der Waals surface area (Å²) in [5.41, 5.74) is 0.00291. The predicted octanol–water partition coefficient (Wildman–Crippen LogP) is 2.81. The zero-order chi connectivity index (χ0) is 15.3. The van der Waals surface area contributed by atoms with Crippen LogP contribution in [0.3, 0.4) is 0 Å². The highest BCUT2D eigenvalue weighted by Crippen LogP contribution is 2.08. The molecule has 0 atom stereocenters. The molecule has 0 aromatic heterocycles. The molecule has 0 aliphatic rings. The average Bonchev–Trinajstić information content (AvgIpc) is 2.32. The molecule has 20 heavy (non-hydrogen) atoms. The Labute approximate surface area is 119 Å². The molecule has 0 fully saturated rings. The van der Waals surface area contributed by atoms with Crippen LogP contribution in [0.2, 0.25) is 0 Å². The summed E-state index contributed by atoms with van der Waals surface area (Å²) in [7, 11) is 0. The first-order chi connectivity index (χ1) is 9.31. The number of benzene rings is 1. The van der Waals surface area contributed by atoms with Gasteiger partial charge in [-0.2, -0.15) is 0 Å². The van der Waals surface area contributed by atoms with E-state index in [0.29, 0.717) is 25.2 Å². The maximum atomic E-state index is 13.0. The quantitative estimate of drug-likeness (QED) is 0.871. The highest BCUT2D eigenvalue weighted by Gasteiger charge is 2.14. The Kier molecular flexibility index (Phi) is 6.07. The van der Waals surface area contributed by atoms with Crippen LogP contribution in [0.5, 0.6) is 0 Å². The van der Waals surface area contributed by atoms with Gasteiger partial charge in [0.25, 0.3) is 5.91 Å². The number of carbonyl (C=O) groups excluding carboxylic acids is 1. The van der Waals surface area contributed by atoms with Gasteiger partial charge in [-0.15, -0.1) is 0 Å². The van der Waals surface area contributed by atoms with Gasteiger partial charge in [-0.3, -0.25) is 9.69 Å². The van der Waals surface area contributed by atoms with Crippen molar-refractivity contribution in [3.05, 3.63) is 35.4 Å². The van der Waals surface area contributed by atoms with Gasteiger partial charge >= 0.3 is 0 Å². The van der Waals surface area contributed by atoms with Crippen molar-refractivity contribution in [1.29, 1.82) is 0 Å². The lowest BCUT2D eigenvalue weighted by Crippen LogP contribution is -2.42. The Morgan fingerprint density at radius 3 is 2.05 bits per heavy atom. The van der Waals surface area contributed by atoms with Crippen LogP contribution in [0.4, 0.5) is 8.78 Å². The maximum Gasteiger partial charge on any atom is 0.251 e. The third-order valence-electron chi connectivity index (χ3n) is 3.11. The van der Waals surface area contributed by atoms with Crippen LogP contribution in [-0.2, 0) is 0 Å². The highest BCUT2D eigenvalue weighted by molar-refractivity contribution is 5.94. The standard InChI is InChI=1S/C15H22F2N2O/c1-10(2)19(11(3)4)6-5-18-15(20)12-7-13(16)9-14(17)8-12/h7-11H,5-6H2,1-4H3,(H,18,20). The molecule has 0 spiro atoms. The van der Waals surface area contributed by atoms with Gasteiger partial charge in [0.05, 0.1) is 0 Å². The first-order valence-electron chi connectivity index (χ1n) is 6.81. The fourth-order valence-electron chi connectivity index (χ4n) is 2.20. The van der Waals surface area contributed by atoms with E-state index in [-0.39, 0.29) is 5.56 Å². The van der Waals surface area contributed by atoms with Gasteiger partial charge in [0.15, 0.2) is 0 Å². The number of amides is 1. The highest BCUT2D eigenvalue weighted by atomic mass is 19.1. The summed E-state index contributed by atoms with van der Waals surface area (Å²) in [6.45, 7) is 9.48. The zero-order valence-electron chi connectivity index (χ0n) is 12.4. The van der Waals surface area contributed by atoms with Gasteiger partial charge in [0.2, 0.25) is 0 Å². The molecular formula is C15H22F2N2O. The fourth-order valence-corrected chi connectivity index (χ4v) is 2.20. The first kappa shape index (κ1) is 16.6. The topological polar surface area (TPSA) is 32.3 Å². The van der Waals surface area contributed by atoms with Crippen LogP contribution in [0.25, 0.3) is 0 Å². The van der Waals surface area contributed by atoms with E-state index in [2.05, 4.69) is 37.9 Å². The maximum absolute atomic E-state index is 13.0. The molecule has 0 saturated heterocycles. The molecule has 0 bridgehead atoms. The van der Waals surface area contributed by atoms with Crippen molar-refractivity contribution in [2.45, 2.75) is 39.8 Å². The number of halogens is 2. The molecule has 0 saturated carbocycles. The largest absolute Gasteiger partial charge is 0.351 e. The van der Waals surface area contributed by atoms with Crippen LogP contribution in [0.1, 0.15) is 38.1 Å². The van der Waals surface area contributed by atoms with Gasteiger partial charge in [0.1, 0.15) is 11.6 Å². The van der Waals surface area contributed by atoms with Crippen molar-refractivity contribution in [2.24, 2.45) is 0 Å². The molecule has 112 valence electrons. The Morgan fingerprint density at radius 2 is 1.60 bits per heavy atom. The molecule has 1 rings (SSSR count). The minimum absolute atomic E-state index is 0.00291. The third kappa shape index (κ3) is 4.89. The normalized spacial score (nSPS) is 11.4.